The van der Waals surface area contributed by atoms with Crippen LogP contribution in [0.15, 0.2) is 0 Å². The molecule has 0 aliphatic rings. The minimum Gasteiger partial charge on any atom is -0.460 e. The third kappa shape index (κ3) is 9.01. The third-order valence-corrected chi connectivity index (χ3v) is 1.21. The Morgan fingerprint density at radius 1 is 1.33 bits per heavy atom. The topological polar surface area (TPSA) is 90.6 Å². The quantitative estimate of drug-likeness (QED) is 0.525. The monoisotopic (exact) mass is 218 g/mol. The van der Waals surface area contributed by atoms with Crippen molar-refractivity contribution in [1.82, 2.24) is 5.32 Å². The molecule has 6 nitrogen and oxygen atoms in total. The molecule has 0 rings (SSSR count). The summed E-state index contributed by atoms with van der Waals surface area (Å²) in [7, 11) is 0. The van der Waals surface area contributed by atoms with Crippen molar-refractivity contribution in [2.45, 2.75) is 32.8 Å². The van der Waals surface area contributed by atoms with Gasteiger partial charge in [-0.1, -0.05) is 0 Å². The summed E-state index contributed by atoms with van der Waals surface area (Å²) in [5.74, 6) is -0.400. The largest absolute Gasteiger partial charge is 0.460 e. The number of nitrogens with two attached hydrogens (primary N) is 1. The van der Waals surface area contributed by atoms with Gasteiger partial charge in [-0.3, -0.25) is 4.79 Å². The fraction of sp³-hybridized carbons (Fsp3) is 0.778. The number of carbonyl (C=O) groups is 2. The minimum atomic E-state index is -0.638. The van der Waals surface area contributed by atoms with E-state index in [1.807, 2.05) is 0 Å². The van der Waals surface area contributed by atoms with E-state index in [0.717, 1.165) is 0 Å². The molecular weight excluding hydrogens is 200 g/mol. The molecule has 6 heteroatoms. The zero-order valence-electron chi connectivity index (χ0n) is 9.33. The second kappa shape index (κ2) is 6.23. The smallest absolute Gasteiger partial charge is 0.408 e. The van der Waals surface area contributed by atoms with E-state index in [9.17, 15) is 9.59 Å². The Morgan fingerprint density at radius 2 is 1.93 bits per heavy atom. The molecule has 0 aliphatic heterocycles. The van der Waals surface area contributed by atoms with Crippen molar-refractivity contribution in [3.63, 3.8) is 0 Å². The van der Waals surface area contributed by atoms with Crippen LogP contribution in [0, 0.1) is 0 Å². The molecule has 0 aromatic rings. The first kappa shape index (κ1) is 13.7. The van der Waals surface area contributed by atoms with Crippen molar-refractivity contribution in [1.29, 1.82) is 0 Å². The normalized spacial score (nSPS) is 10.7. The lowest BCUT2D eigenvalue weighted by atomic mass is 10.2. The number of hydrogen-bond donors (Lipinski definition) is 2. The van der Waals surface area contributed by atoms with E-state index in [2.05, 4.69) is 10.1 Å². The minimum absolute atomic E-state index is 0.00523. The lowest BCUT2D eigenvalue weighted by Crippen LogP contribution is -2.31. The van der Waals surface area contributed by atoms with Gasteiger partial charge in [0.2, 0.25) is 0 Å². The molecule has 0 heterocycles. The SMILES string of the molecule is CC(C)(C)OC(=O)CCOC(=O)NCN. The molecule has 0 aliphatic carbocycles. The van der Waals surface area contributed by atoms with Crippen molar-refractivity contribution < 1.29 is 19.1 Å². The Balaban J connectivity index is 3.60. The van der Waals surface area contributed by atoms with Gasteiger partial charge in [0.15, 0.2) is 0 Å². The maximum atomic E-state index is 11.1. The molecule has 0 saturated heterocycles. The van der Waals surface area contributed by atoms with Gasteiger partial charge in [0.1, 0.15) is 12.2 Å². The van der Waals surface area contributed by atoms with Crippen LogP contribution in [0.1, 0.15) is 27.2 Å². The van der Waals surface area contributed by atoms with Crippen LogP contribution in [0.3, 0.4) is 0 Å². The Kier molecular flexibility index (Phi) is 5.69. The van der Waals surface area contributed by atoms with Crippen LogP contribution in [0.4, 0.5) is 4.79 Å². The highest BCUT2D eigenvalue weighted by atomic mass is 16.6. The molecule has 3 N–H and O–H groups in total. The summed E-state index contributed by atoms with van der Waals surface area (Å²) in [5.41, 5.74) is 4.52. The molecule has 0 bridgehead atoms. The maximum absolute atomic E-state index is 11.1. The van der Waals surface area contributed by atoms with E-state index in [-0.39, 0.29) is 19.7 Å². The van der Waals surface area contributed by atoms with Crippen LogP contribution in [-0.2, 0) is 14.3 Å². The number of nitrogens with one attached hydrogen (secondary N) is 1. The first-order valence-electron chi connectivity index (χ1n) is 4.67. The molecule has 88 valence electrons. The molecule has 0 aromatic carbocycles. The summed E-state index contributed by atoms with van der Waals surface area (Å²) in [4.78, 5) is 21.9. The zero-order valence-corrected chi connectivity index (χ0v) is 9.33. The Hall–Kier alpha value is -1.30. The maximum Gasteiger partial charge on any atom is 0.408 e. The van der Waals surface area contributed by atoms with Gasteiger partial charge in [0.25, 0.3) is 0 Å². The van der Waals surface area contributed by atoms with Crippen LogP contribution in [0.2, 0.25) is 0 Å². The summed E-state index contributed by atoms with van der Waals surface area (Å²) in [6.45, 7) is 5.30. The van der Waals surface area contributed by atoms with Crippen molar-refractivity contribution in [3.8, 4) is 0 Å². The molecule has 0 spiro atoms. The molecule has 15 heavy (non-hydrogen) atoms. The second-order valence-electron chi connectivity index (χ2n) is 3.85. The van der Waals surface area contributed by atoms with Gasteiger partial charge < -0.3 is 20.5 Å². The van der Waals surface area contributed by atoms with Crippen molar-refractivity contribution in [2.75, 3.05) is 13.3 Å². The summed E-state index contributed by atoms with van der Waals surface area (Å²) in [6, 6.07) is 0. The van der Waals surface area contributed by atoms with Crippen molar-refractivity contribution in [2.24, 2.45) is 5.73 Å². The van der Waals surface area contributed by atoms with E-state index in [1.165, 1.54) is 0 Å². The average Bonchev–Trinajstić information content (AvgIpc) is 2.00. The van der Waals surface area contributed by atoms with Gasteiger partial charge in [0, 0.05) is 0 Å². The molecule has 0 atom stereocenters. The first-order valence-corrected chi connectivity index (χ1v) is 4.67. The highest BCUT2D eigenvalue weighted by Gasteiger charge is 2.16. The lowest BCUT2D eigenvalue weighted by molar-refractivity contribution is -0.155. The summed E-state index contributed by atoms with van der Waals surface area (Å²) in [5, 5.41) is 2.23. The van der Waals surface area contributed by atoms with Gasteiger partial charge in [-0.15, -0.1) is 0 Å². The van der Waals surface area contributed by atoms with Gasteiger partial charge in [-0.2, -0.15) is 0 Å². The number of amides is 1. The van der Waals surface area contributed by atoms with Crippen LogP contribution in [0.5, 0.6) is 0 Å². The van der Waals surface area contributed by atoms with E-state index >= 15 is 0 Å². The van der Waals surface area contributed by atoms with Crippen LogP contribution in [-0.4, -0.2) is 30.9 Å². The van der Waals surface area contributed by atoms with Crippen LogP contribution in [0.25, 0.3) is 0 Å². The number of carbonyl (C=O) groups excluding carboxylic acids is 2. The molecule has 0 unspecified atom stereocenters. The van der Waals surface area contributed by atoms with E-state index in [4.69, 9.17) is 10.5 Å². The summed E-state index contributed by atoms with van der Waals surface area (Å²) >= 11 is 0. The molecule has 0 aromatic heterocycles. The highest BCUT2D eigenvalue weighted by Crippen LogP contribution is 2.07. The molecule has 1 amide bonds. The zero-order chi connectivity index (χ0) is 11.9. The van der Waals surface area contributed by atoms with E-state index in [1.54, 1.807) is 20.8 Å². The predicted molar refractivity (Wildman–Crippen MR) is 54.0 cm³/mol. The predicted octanol–water partition coefficient (Wildman–Crippen LogP) is 0.361. The average molecular weight is 218 g/mol. The van der Waals surface area contributed by atoms with E-state index in [0.29, 0.717) is 0 Å². The number of alkyl carbamates (subject to hydrolysis) is 1. The van der Waals surface area contributed by atoms with Gasteiger partial charge in [0.05, 0.1) is 13.1 Å². The summed E-state index contributed by atoms with van der Waals surface area (Å²) in [6.07, 6.45) is -0.601. The number of rotatable bonds is 4. The molecule has 0 radical (unpaired) electrons. The standard InChI is InChI=1S/C9H18N2O4/c1-9(2,3)15-7(12)4-5-14-8(13)11-6-10/h4-6,10H2,1-3H3,(H,11,13). The highest BCUT2D eigenvalue weighted by molar-refractivity contribution is 5.71. The van der Waals surface area contributed by atoms with Gasteiger partial charge in [-0.25, -0.2) is 4.79 Å². The first-order chi connectivity index (χ1) is 6.85. The van der Waals surface area contributed by atoms with Crippen LogP contribution < -0.4 is 11.1 Å². The van der Waals surface area contributed by atoms with Crippen molar-refractivity contribution in [3.05, 3.63) is 0 Å². The van der Waals surface area contributed by atoms with Gasteiger partial charge >= 0.3 is 12.1 Å². The Labute approximate surface area is 89.1 Å². The number of esters is 1. The van der Waals surface area contributed by atoms with E-state index < -0.39 is 17.7 Å². The molecular formula is C9H18N2O4. The number of hydrogen-bond acceptors (Lipinski definition) is 5. The van der Waals surface area contributed by atoms with Crippen LogP contribution >= 0.6 is 0 Å². The molecule has 0 fully saturated rings. The fourth-order valence-electron chi connectivity index (χ4n) is 0.754. The lowest BCUT2D eigenvalue weighted by Gasteiger charge is -2.19. The fourth-order valence-corrected chi connectivity index (χ4v) is 0.754. The number of ether oxygens (including phenoxy) is 2. The van der Waals surface area contributed by atoms with Gasteiger partial charge in [-0.05, 0) is 20.8 Å². The van der Waals surface area contributed by atoms with Crippen molar-refractivity contribution >= 4 is 12.1 Å². The molecule has 0 saturated carbocycles. The summed E-state index contributed by atoms with van der Waals surface area (Å²) < 4.78 is 9.64. The Morgan fingerprint density at radius 3 is 2.40 bits per heavy atom. The second-order valence-corrected chi connectivity index (χ2v) is 3.85. The Bertz CT molecular complexity index is 223. The third-order valence-electron chi connectivity index (χ3n) is 1.21.